The molecule has 5 nitrogen and oxygen atoms in total. The van der Waals surface area contributed by atoms with Crippen molar-refractivity contribution < 1.29 is 9.26 Å². The van der Waals surface area contributed by atoms with Gasteiger partial charge in [-0.2, -0.15) is 4.98 Å². The predicted octanol–water partition coefficient (Wildman–Crippen LogP) is 3.64. The molecule has 118 valence electrons. The first kappa shape index (κ1) is 15.0. The molecule has 1 aromatic carbocycles. The Morgan fingerprint density at radius 2 is 1.95 bits per heavy atom. The van der Waals surface area contributed by atoms with Crippen LogP contribution in [0, 0.1) is 0 Å². The van der Waals surface area contributed by atoms with E-state index < -0.39 is 5.54 Å². The molecule has 0 saturated heterocycles. The summed E-state index contributed by atoms with van der Waals surface area (Å²) in [6.45, 7) is 4.16. The maximum Gasteiger partial charge on any atom is 0.257 e. The molecule has 0 bridgehead atoms. The third-order valence-electron chi connectivity index (χ3n) is 4.38. The van der Waals surface area contributed by atoms with Crippen LogP contribution in [-0.2, 0) is 5.54 Å². The highest BCUT2D eigenvalue weighted by molar-refractivity contribution is 5.54. The maximum atomic E-state index is 6.36. The van der Waals surface area contributed by atoms with Gasteiger partial charge in [-0.1, -0.05) is 24.9 Å². The van der Waals surface area contributed by atoms with Crippen LogP contribution in [0.1, 0.15) is 51.8 Å². The highest BCUT2D eigenvalue weighted by Crippen LogP contribution is 2.35. The topological polar surface area (TPSA) is 74.2 Å². The minimum Gasteiger partial charge on any atom is -0.491 e. The molecular formula is C17H23N3O2. The van der Waals surface area contributed by atoms with Gasteiger partial charge in [0.2, 0.25) is 0 Å². The zero-order valence-electron chi connectivity index (χ0n) is 13.2. The molecule has 0 amide bonds. The molecule has 1 aliphatic rings. The van der Waals surface area contributed by atoms with Gasteiger partial charge in [0.1, 0.15) is 5.75 Å². The maximum absolute atomic E-state index is 6.36. The van der Waals surface area contributed by atoms with E-state index in [9.17, 15) is 0 Å². The fourth-order valence-electron chi connectivity index (χ4n) is 2.76. The number of rotatable bonds is 5. The van der Waals surface area contributed by atoms with E-state index in [-0.39, 0.29) is 6.10 Å². The van der Waals surface area contributed by atoms with Crippen LogP contribution >= 0.6 is 0 Å². The largest absolute Gasteiger partial charge is 0.491 e. The zero-order chi connectivity index (χ0) is 15.6. The van der Waals surface area contributed by atoms with Crippen LogP contribution in [-0.4, -0.2) is 16.2 Å². The van der Waals surface area contributed by atoms with Gasteiger partial charge in [-0.05, 0) is 50.5 Å². The summed E-state index contributed by atoms with van der Waals surface area (Å²) in [6.07, 6.45) is 5.29. The number of hydrogen-bond donors (Lipinski definition) is 1. The van der Waals surface area contributed by atoms with Gasteiger partial charge in [-0.15, -0.1) is 0 Å². The molecule has 1 heterocycles. The minimum absolute atomic E-state index is 0.209. The van der Waals surface area contributed by atoms with Crippen LogP contribution in [0.4, 0.5) is 0 Å². The first-order valence-electron chi connectivity index (χ1n) is 8.01. The summed E-state index contributed by atoms with van der Waals surface area (Å²) in [7, 11) is 0. The number of nitrogens with two attached hydrogens (primary N) is 1. The molecule has 2 N–H and O–H groups in total. The van der Waals surface area contributed by atoms with Crippen molar-refractivity contribution in [2.45, 2.75) is 57.6 Å². The average molecular weight is 301 g/mol. The standard InChI is InChI=1S/C17H23N3O2/c1-3-12(2)21-14-8-6-13(7-9-14)15-19-16(20-22-15)17(18)10-4-5-11-17/h6-9,12H,3-5,10-11,18H2,1-2H3. The number of ether oxygens (including phenoxy) is 1. The van der Waals surface area contributed by atoms with Gasteiger partial charge >= 0.3 is 0 Å². The van der Waals surface area contributed by atoms with E-state index in [1.165, 1.54) is 0 Å². The van der Waals surface area contributed by atoms with Gasteiger partial charge in [0.25, 0.3) is 5.89 Å². The van der Waals surface area contributed by atoms with Crippen LogP contribution in [0.2, 0.25) is 0 Å². The number of hydrogen-bond acceptors (Lipinski definition) is 5. The molecule has 22 heavy (non-hydrogen) atoms. The molecule has 1 aromatic heterocycles. The molecule has 1 saturated carbocycles. The van der Waals surface area contributed by atoms with Gasteiger partial charge < -0.3 is 15.0 Å². The summed E-state index contributed by atoms with van der Waals surface area (Å²) >= 11 is 0. The Morgan fingerprint density at radius 1 is 1.27 bits per heavy atom. The Labute approximate surface area is 130 Å². The number of nitrogens with zero attached hydrogens (tertiary/aromatic N) is 2. The third-order valence-corrected chi connectivity index (χ3v) is 4.38. The van der Waals surface area contributed by atoms with Gasteiger partial charge in [0, 0.05) is 5.56 Å². The fourth-order valence-corrected chi connectivity index (χ4v) is 2.76. The molecule has 1 aliphatic carbocycles. The monoisotopic (exact) mass is 301 g/mol. The van der Waals surface area contributed by atoms with Crippen molar-refractivity contribution >= 4 is 0 Å². The lowest BCUT2D eigenvalue weighted by atomic mass is 9.99. The summed E-state index contributed by atoms with van der Waals surface area (Å²) in [5.74, 6) is 1.99. The van der Waals surface area contributed by atoms with Crippen molar-refractivity contribution in [2.24, 2.45) is 5.73 Å². The second-order valence-corrected chi connectivity index (χ2v) is 6.15. The van der Waals surface area contributed by atoms with Crippen molar-refractivity contribution in [3.63, 3.8) is 0 Å². The lowest BCUT2D eigenvalue weighted by Gasteiger charge is -2.17. The van der Waals surface area contributed by atoms with E-state index in [2.05, 4.69) is 24.0 Å². The van der Waals surface area contributed by atoms with Crippen LogP contribution in [0.5, 0.6) is 5.75 Å². The number of benzene rings is 1. The van der Waals surface area contributed by atoms with Crippen molar-refractivity contribution in [1.82, 2.24) is 10.1 Å². The second kappa shape index (κ2) is 6.08. The van der Waals surface area contributed by atoms with Crippen LogP contribution in [0.25, 0.3) is 11.5 Å². The summed E-state index contributed by atoms with van der Waals surface area (Å²) in [4.78, 5) is 4.50. The lowest BCUT2D eigenvalue weighted by Crippen LogP contribution is -2.34. The minimum atomic E-state index is -0.415. The number of aromatic nitrogens is 2. The van der Waals surface area contributed by atoms with Crippen LogP contribution in [0.15, 0.2) is 28.8 Å². The third kappa shape index (κ3) is 2.99. The molecule has 1 fully saturated rings. The molecule has 2 aromatic rings. The zero-order valence-corrected chi connectivity index (χ0v) is 13.2. The first-order chi connectivity index (χ1) is 10.6. The van der Waals surface area contributed by atoms with Crippen LogP contribution in [0.3, 0.4) is 0 Å². The van der Waals surface area contributed by atoms with Crippen molar-refractivity contribution in [1.29, 1.82) is 0 Å². The van der Waals surface area contributed by atoms with E-state index in [0.29, 0.717) is 11.7 Å². The summed E-state index contributed by atoms with van der Waals surface area (Å²) < 4.78 is 11.2. The van der Waals surface area contributed by atoms with Crippen molar-refractivity contribution in [3.8, 4) is 17.2 Å². The van der Waals surface area contributed by atoms with Crippen molar-refractivity contribution in [3.05, 3.63) is 30.1 Å². The molecule has 0 spiro atoms. The van der Waals surface area contributed by atoms with Gasteiger partial charge in [0.15, 0.2) is 5.82 Å². The molecule has 3 rings (SSSR count). The highest BCUT2D eigenvalue weighted by Gasteiger charge is 2.36. The summed E-state index contributed by atoms with van der Waals surface area (Å²) in [5.41, 5.74) is 6.83. The van der Waals surface area contributed by atoms with Crippen molar-refractivity contribution in [2.75, 3.05) is 0 Å². The Morgan fingerprint density at radius 3 is 2.59 bits per heavy atom. The highest BCUT2D eigenvalue weighted by atomic mass is 16.5. The van der Waals surface area contributed by atoms with E-state index in [1.54, 1.807) is 0 Å². The quantitative estimate of drug-likeness (QED) is 0.912. The van der Waals surface area contributed by atoms with E-state index >= 15 is 0 Å². The normalized spacial score (nSPS) is 18.3. The molecule has 0 aliphatic heterocycles. The predicted molar refractivity (Wildman–Crippen MR) is 84.4 cm³/mol. The van der Waals surface area contributed by atoms with Gasteiger partial charge in [0.05, 0.1) is 11.6 Å². The summed E-state index contributed by atoms with van der Waals surface area (Å²) in [5, 5.41) is 4.09. The van der Waals surface area contributed by atoms with E-state index in [4.69, 9.17) is 15.0 Å². The Balaban J connectivity index is 1.76. The fraction of sp³-hybridized carbons (Fsp3) is 0.529. The Bertz CT molecular complexity index is 615. The smallest absolute Gasteiger partial charge is 0.257 e. The van der Waals surface area contributed by atoms with Gasteiger partial charge in [-0.3, -0.25) is 0 Å². The van der Waals surface area contributed by atoms with E-state index in [1.807, 2.05) is 24.3 Å². The second-order valence-electron chi connectivity index (χ2n) is 6.15. The lowest BCUT2D eigenvalue weighted by molar-refractivity contribution is 0.217. The first-order valence-corrected chi connectivity index (χ1v) is 8.01. The van der Waals surface area contributed by atoms with Gasteiger partial charge in [-0.25, -0.2) is 0 Å². The van der Waals surface area contributed by atoms with E-state index in [0.717, 1.165) is 43.4 Å². The molecule has 5 heteroatoms. The van der Waals surface area contributed by atoms with Crippen LogP contribution < -0.4 is 10.5 Å². The average Bonchev–Trinajstić information content (AvgIpc) is 3.18. The SMILES string of the molecule is CCC(C)Oc1ccc(-c2nc(C3(N)CCCC3)no2)cc1. The Kier molecular flexibility index (Phi) is 4.16. The Hall–Kier alpha value is -1.88. The molecule has 1 atom stereocenters. The molecule has 0 radical (unpaired) electrons. The summed E-state index contributed by atoms with van der Waals surface area (Å²) in [6, 6.07) is 7.73. The molecular weight excluding hydrogens is 278 g/mol. The molecule has 1 unspecified atom stereocenters.